The lowest BCUT2D eigenvalue weighted by molar-refractivity contribution is 0.0932. The SMILES string of the molecule is COc1ccc(C(=O)N2c3cc(Cl)ccc3C(NC(=O)c3ccccc3)CC2Cl)cc1OC. The van der Waals surface area contributed by atoms with Gasteiger partial charge >= 0.3 is 0 Å². The zero-order valence-electron chi connectivity index (χ0n) is 18.0. The molecule has 4 rings (SSSR count). The van der Waals surface area contributed by atoms with Crippen LogP contribution in [0.5, 0.6) is 11.5 Å². The van der Waals surface area contributed by atoms with Crippen LogP contribution in [-0.2, 0) is 0 Å². The van der Waals surface area contributed by atoms with Crippen molar-refractivity contribution >= 4 is 40.7 Å². The third kappa shape index (κ3) is 4.63. The molecule has 6 nitrogen and oxygen atoms in total. The molecule has 0 saturated carbocycles. The number of anilines is 1. The van der Waals surface area contributed by atoms with Gasteiger partial charge in [0.25, 0.3) is 11.8 Å². The topological polar surface area (TPSA) is 67.9 Å². The van der Waals surface area contributed by atoms with Gasteiger partial charge in [0.05, 0.1) is 25.9 Å². The minimum Gasteiger partial charge on any atom is -0.493 e. The summed E-state index contributed by atoms with van der Waals surface area (Å²) in [6.45, 7) is 0. The summed E-state index contributed by atoms with van der Waals surface area (Å²) in [6, 6.07) is 18.7. The molecule has 0 fully saturated rings. The Bertz CT molecular complexity index is 1190. The number of carbonyl (C=O) groups is 2. The van der Waals surface area contributed by atoms with E-state index in [2.05, 4.69) is 5.32 Å². The van der Waals surface area contributed by atoms with Crippen LogP contribution in [0.2, 0.25) is 5.02 Å². The lowest BCUT2D eigenvalue weighted by Gasteiger charge is -2.38. The molecule has 0 bridgehead atoms. The Morgan fingerprint density at radius 3 is 2.36 bits per heavy atom. The molecule has 33 heavy (non-hydrogen) atoms. The number of nitrogens with zero attached hydrogens (tertiary/aromatic N) is 1. The van der Waals surface area contributed by atoms with E-state index in [4.69, 9.17) is 32.7 Å². The first-order chi connectivity index (χ1) is 15.9. The second-order valence-corrected chi connectivity index (χ2v) is 8.45. The molecule has 1 aliphatic heterocycles. The van der Waals surface area contributed by atoms with Gasteiger partial charge in [0.15, 0.2) is 11.5 Å². The van der Waals surface area contributed by atoms with E-state index in [0.29, 0.717) is 39.8 Å². The molecule has 3 aromatic carbocycles. The fourth-order valence-electron chi connectivity index (χ4n) is 3.91. The van der Waals surface area contributed by atoms with Crippen LogP contribution < -0.4 is 19.7 Å². The predicted molar refractivity (Wildman–Crippen MR) is 129 cm³/mol. The maximum Gasteiger partial charge on any atom is 0.259 e. The Morgan fingerprint density at radius 2 is 1.67 bits per heavy atom. The minimum absolute atomic E-state index is 0.218. The van der Waals surface area contributed by atoms with Gasteiger partial charge in [-0.05, 0) is 48.0 Å². The number of hydrogen-bond acceptors (Lipinski definition) is 4. The molecule has 0 aliphatic carbocycles. The molecular weight excluding hydrogens is 463 g/mol. The number of methoxy groups -OCH3 is 2. The molecule has 0 radical (unpaired) electrons. The lowest BCUT2D eigenvalue weighted by atomic mass is 9.95. The molecule has 0 spiro atoms. The summed E-state index contributed by atoms with van der Waals surface area (Å²) in [4.78, 5) is 27.8. The highest BCUT2D eigenvalue weighted by Gasteiger charge is 2.36. The fraction of sp³-hybridized carbons (Fsp3) is 0.200. The summed E-state index contributed by atoms with van der Waals surface area (Å²) in [5.74, 6) is 0.422. The van der Waals surface area contributed by atoms with Gasteiger partial charge in [0.1, 0.15) is 5.50 Å². The van der Waals surface area contributed by atoms with E-state index in [1.807, 2.05) is 12.1 Å². The van der Waals surface area contributed by atoms with Crippen LogP contribution in [0.3, 0.4) is 0 Å². The smallest absolute Gasteiger partial charge is 0.259 e. The fourth-order valence-corrected chi connectivity index (χ4v) is 4.45. The van der Waals surface area contributed by atoms with E-state index in [-0.39, 0.29) is 17.9 Å². The van der Waals surface area contributed by atoms with Crippen molar-refractivity contribution in [2.24, 2.45) is 0 Å². The lowest BCUT2D eigenvalue weighted by Crippen LogP contribution is -2.45. The molecule has 1 N–H and O–H groups in total. The average molecular weight is 485 g/mol. The number of fused-ring (bicyclic) bond motifs is 1. The maximum absolute atomic E-state index is 13.5. The molecule has 0 aromatic heterocycles. The number of benzene rings is 3. The molecule has 0 saturated heterocycles. The number of carbonyl (C=O) groups excluding carboxylic acids is 2. The molecular formula is C25H22Cl2N2O4. The second-order valence-electron chi connectivity index (χ2n) is 7.51. The number of alkyl halides is 1. The van der Waals surface area contributed by atoms with E-state index >= 15 is 0 Å². The normalized spacial score (nSPS) is 17.2. The van der Waals surface area contributed by atoms with Crippen molar-refractivity contribution < 1.29 is 19.1 Å². The van der Waals surface area contributed by atoms with E-state index in [9.17, 15) is 9.59 Å². The van der Waals surface area contributed by atoms with Crippen molar-refractivity contribution in [1.29, 1.82) is 0 Å². The molecule has 3 aromatic rings. The van der Waals surface area contributed by atoms with Gasteiger partial charge in [0.2, 0.25) is 0 Å². The van der Waals surface area contributed by atoms with Crippen molar-refractivity contribution in [2.45, 2.75) is 18.0 Å². The van der Waals surface area contributed by atoms with E-state index in [1.165, 1.54) is 19.1 Å². The number of hydrogen-bond donors (Lipinski definition) is 1. The van der Waals surface area contributed by atoms with Crippen LogP contribution in [-0.4, -0.2) is 31.5 Å². The van der Waals surface area contributed by atoms with Crippen LogP contribution in [0.4, 0.5) is 5.69 Å². The Morgan fingerprint density at radius 1 is 0.939 bits per heavy atom. The Kier molecular flexibility index (Phi) is 6.77. The second kappa shape index (κ2) is 9.73. The van der Waals surface area contributed by atoms with Crippen molar-refractivity contribution in [1.82, 2.24) is 5.32 Å². The molecule has 2 atom stereocenters. The van der Waals surface area contributed by atoms with Gasteiger partial charge in [-0.1, -0.05) is 47.5 Å². The molecule has 1 heterocycles. The molecule has 8 heteroatoms. The minimum atomic E-state index is -0.711. The summed E-state index contributed by atoms with van der Waals surface area (Å²) in [7, 11) is 3.04. The van der Waals surface area contributed by atoms with Crippen LogP contribution >= 0.6 is 23.2 Å². The first-order valence-corrected chi connectivity index (χ1v) is 11.1. The Balaban J connectivity index is 1.69. The van der Waals surface area contributed by atoms with Crippen LogP contribution in [0, 0.1) is 0 Å². The predicted octanol–water partition coefficient (Wildman–Crippen LogP) is 5.44. The number of ether oxygens (including phenoxy) is 2. The molecule has 2 unspecified atom stereocenters. The first kappa shape index (κ1) is 23.0. The number of nitrogens with one attached hydrogen (secondary N) is 1. The number of amides is 2. The van der Waals surface area contributed by atoms with Gasteiger partial charge < -0.3 is 14.8 Å². The highest BCUT2D eigenvalue weighted by molar-refractivity contribution is 6.31. The number of halogens is 2. The quantitative estimate of drug-likeness (QED) is 0.386. The van der Waals surface area contributed by atoms with E-state index in [1.54, 1.807) is 54.6 Å². The maximum atomic E-state index is 13.5. The third-order valence-corrected chi connectivity index (χ3v) is 6.14. The van der Waals surface area contributed by atoms with Gasteiger partial charge in [-0.15, -0.1) is 0 Å². The summed E-state index contributed by atoms with van der Waals surface area (Å²) in [5, 5.41) is 3.49. The number of rotatable bonds is 5. The third-order valence-electron chi connectivity index (χ3n) is 5.53. The van der Waals surface area contributed by atoms with Gasteiger partial charge in [-0.3, -0.25) is 14.5 Å². The summed E-state index contributed by atoms with van der Waals surface area (Å²) in [5.41, 5.74) is 1.53. The first-order valence-electron chi connectivity index (χ1n) is 10.3. The van der Waals surface area contributed by atoms with Crippen molar-refractivity contribution in [2.75, 3.05) is 19.1 Å². The van der Waals surface area contributed by atoms with Crippen LogP contribution in [0.1, 0.15) is 38.7 Å². The molecule has 2 amide bonds. The van der Waals surface area contributed by atoms with Crippen molar-refractivity contribution in [3.63, 3.8) is 0 Å². The van der Waals surface area contributed by atoms with E-state index < -0.39 is 5.50 Å². The van der Waals surface area contributed by atoms with E-state index in [0.717, 1.165) is 5.56 Å². The summed E-state index contributed by atoms with van der Waals surface area (Å²) >= 11 is 13.0. The van der Waals surface area contributed by atoms with Gasteiger partial charge in [0, 0.05) is 22.6 Å². The largest absolute Gasteiger partial charge is 0.493 e. The molecule has 170 valence electrons. The van der Waals surface area contributed by atoms with Crippen LogP contribution in [0.15, 0.2) is 66.7 Å². The monoisotopic (exact) mass is 484 g/mol. The van der Waals surface area contributed by atoms with Crippen LogP contribution in [0.25, 0.3) is 0 Å². The summed E-state index contributed by atoms with van der Waals surface area (Å²) < 4.78 is 10.6. The van der Waals surface area contributed by atoms with Crippen molar-refractivity contribution in [3.8, 4) is 11.5 Å². The zero-order chi connectivity index (χ0) is 23.5. The Labute approximate surface area is 202 Å². The molecule has 1 aliphatic rings. The Hall–Kier alpha value is -3.22. The summed E-state index contributed by atoms with van der Waals surface area (Å²) in [6.07, 6.45) is 0.327. The van der Waals surface area contributed by atoms with Gasteiger partial charge in [-0.2, -0.15) is 0 Å². The highest BCUT2D eigenvalue weighted by atomic mass is 35.5. The highest BCUT2D eigenvalue weighted by Crippen LogP contribution is 2.41. The zero-order valence-corrected chi connectivity index (χ0v) is 19.6. The average Bonchev–Trinajstić information content (AvgIpc) is 2.83. The van der Waals surface area contributed by atoms with Gasteiger partial charge in [-0.25, -0.2) is 0 Å². The standard InChI is InChI=1S/C25H22Cl2N2O4/c1-32-21-11-8-16(12-22(21)33-2)25(31)29-20-13-17(26)9-10-18(20)19(14-23(29)27)28-24(30)15-6-4-3-5-7-15/h3-13,19,23H,14H2,1-2H3,(H,28,30). The van der Waals surface area contributed by atoms with Crippen molar-refractivity contribution in [3.05, 3.63) is 88.4 Å².